The van der Waals surface area contributed by atoms with Crippen LogP contribution in [0.2, 0.25) is 0 Å². The third-order valence-corrected chi connectivity index (χ3v) is 5.68. The molecule has 1 atom stereocenters. The number of hydrogen-bond donors (Lipinski definition) is 0. The molecule has 1 aromatic carbocycles. The van der Waals surface area contributed by atoms with E-state index >= 15 is 0 Å². The molecule has 0 N–H and O–H groups in total. The Bertz CT molecular complexity index is 919. The van der Waals surface area contributed by atoms with E-state index in [0.29, 0.717) is 30.8 Å². The Morgan fingerprint density at radius 2 is 1.83 bits per heavy atom. The first-order chi connectivity index (χ1) is 14.3. The number of piperidine rings is 1. The molecule has 2 heterocycles. The maximum atomic E-state index is 13.1. The van der Waals surface area contributed by atoms with E-state index in [1.165, 1.54) is 0 Å². The molecule has 1 aliphatic rings. The molecule has 7 heteroatoms. The van der Waals surface area contributed by atoms with Gasteiger partial charge in [0.1, 0.15) is 11.6 Å². The van der Waals surface area contributed by atoms with Gasteiger partial charge in [0, 0.05) is 50.1 Å². The molecule has 1 unspecified atom stereocenters. The molecule has 2 amide bonds. The number of likely N-dealkylation sites (N-methyl/N-ethyl adjacent to an activating group) is 1. The molecule has 160 valence electrons. The average Bonchev–Trinajstić information content (AvgIpc) is 2.75. The molecule has 0 bridgehead atoms. The van der Waals surface area contributed by atoms with Crippen LogP contribution in [-0.4, -0.2) is 65.9 Å². The minimum atomic E-state index is -0.0289. The summed E-state index contributed by atoms with van der Waals surface area (Å²) in [5.41, 5.74) is 3.13. The predicted octanol–water partition coefficient (Wildman–Crippen LogP) is 2.75. The van der Waals surface area contributed by atoms with Gasteiger partial charge >= 0.3 is 0 Å². The number of aryl methyl sites for hydroxylation is 2. The second-order valence-electron chi connectivity index (χ2n) is 7.99. The summed E-state index contributed by atoms with van der Waals surface area (Å²) in [7, 11) is 5.07. The van der Waals surface area contributed by atoms with Crippen molar-refractivity contribution < 1.29 is 14.3 Å². The van der Waals surface area contributed by atoms with Crippen molar-refractivity contribution in [3.8, 4) is 5.75 Å². The average molecular weight is 411 g/mol. The molecule has 1 aromatic heterocycles. The number of rotatable bonds is 5. The van der Waals surface area contributed by atoms with Crippen molar-refractivity contribution in [2.75, 3.05) is 34.3 Å². The van der Waals surface area contributed by atoms with E-state index in [-0.39, 0.29) is 17.7 Å². The largest absolute Gasteiger partial charge is 0.496 e. The van der Waals surface area contributed by atoms with Crippen molar-refractivity contribution in [2.45, 2.75) is 39.0 Å². The predicted molar refractivity (Wildman–Crippen MR) is 115 cm³/mol. The van der Waals surface area contributed by atoms with Gasteiger partial charge in [-0.1, -0.05) is 12.1 Å². The zero-order chi connectivity index (χ0) is 21.8. The topological polar surface area (TPSA) is 75.6 Å². The van der Waals surface area contributed by atoms with Gasteiger partial charge in [0.2, 0.25) is 5.91 Å². The standard InChI is InChI=1S/C23H30N4O3/c1-15-19(13-21(28)26(3)4)16(2)25-22(24-15)17-9-8-12-27(14-17)23(29)18-10-6-7-11-20(18)30-5/h6-7,10-11,17H,8-9,12-14H2,1-5H3. The van der Waals surface area contributed by atoms with E-state index in [4.69, 9.17) is 14.7 Å². The number of ether oxygens (including phenoxy) is 1. The monoisotopic (exact) mass is 410 g/mol. The van der Waals surface area contributed by atoms with Gasteiger partial charge in [0.15, 0.2) is 0 Å². The maximum absolute atomic E-state index is 13.1. The SMILES string of the molecule is COc1ccccc1C(=O)N1CCCC(c2nc(C)c(CC(=O)N(C)C)c(C)n2)C1. The van der Waals surface area contributed by atoms with Gasteiger partial charge in [0.25, 0.3) is 5.91 Å². The minimum Gasteiger partial charge on any atom is -0.496 e. The van der Waals surface area contributed by atoms with Crippen LogP contribution in [0.4, 0.5) is 0 Å². The summed E-state index contributed by atoms with van der Waals surface area (Å²) < 4.78 is 5.36. The van der Waals surface area contributed by atoms with Gasteiger partial charge in [-0.25, -0.2) is 9.97 Å². The van der Waals surface area contributed by atoms with Crippen LogP contribution in [0.1, 0.15) is 51.9 Å². The molecule has 1 fully saturated rings. The molecule has 1 aliphatic heterocycles. The Kier molecular flexibility index (Phi) is 6.70. The summed E-state index contributed by atoms with van der Waals surface area (Å²) in [6.45, 7) is 5.14. The van der Waals surface area contributed by atoms with E-state index in [0.717, 1.165) is 35.6 Å². The first-order valence-corrected chi connectivity index (χ1v) is 10.3. The summed E-state index contributed by atoms with van der Waals surface area (Å²) in [4.78, 5) is 38.1. The Labute approximate surface area is 178 Å². The quantitative estimate of drug-likeness (QED) is 0.758. The summed E-state index contributed by atoms with van der Waals surface area (Å²) in [6.07, 6.45) is 2.13. The molecule has 0 aliphatic carbocycles. The molecule has 0 saturated carbocycles. The Hall–Kier alpha value is -2.96. The number of carbonyl (C=O) groups is 2. The van der Waals surface area contributed by atoms with E-state index < -0.39 is 0 Å². The van der Waals surface area contributed by atoms with Crippen molar-refractivity contribution in [3.63, 3.8) is 0 Å². The van der Waals surface area contributed by atoms with Gasteiger partial charge in [0.05, 0.1) is 19.1 Å². The van der Waals surface area contributed by atoms with Crippen LogP contribution in [0, 0.1) is 13.8 Å². The van der Waals surface area contributed by atoms with Gasteiger partial charge in [-0.2, -0.15) is 0 Å². The highest BCUT2D eigenvalue weighted by Crippen LogP contribution is 2.28. The maximum Gasteiger partial charge on any atom is 0.257 e. The Morgan fingerprint density at radius 1 is 1.17 bits per heavy atom. The van der Waals surface area contributed by atoms with Crippen molar-refractivity contribution in [1.29, 1.82) is 0 Å². The highest BCUT2D eigenvalue weighted by atomic mass is 16.5. The number of methoxy groups -OCH3 is 1. The lowest BCUT2D eigenvalue weighted by Gasteiger charge is -2.32. The highest BCUT2D eigenvalue weighted by molar-refractivity contribution is 5.97. The minimum absolute atomic E-state index is 0.0289. The Morgan fingerprint density at radius 3 is 2.47 bits per heavy atom. The highest BCUT2D eigenvalue weighted by Gasteiger charge is 2.29. The molecule has 30 heavy (non-hydrogen) atoms. The second kappa shape index (κ2) is 9.24. The van der Waals surface area contributed by atoms with Crippen LogP contribution in [0.25, 0.3) is 0 Å². The molecular formula is C23H30N4O3. The molecule has 1 saturated heterocycles. The number of benzene rings is 1. The number of aromatic nitrogens is 2. The molecule has 2 aromatic rings. The normalized spacial score (nSPS) is 16.3. The summed E-state index contributed by atoms with van der Waals surface area (Å²) >= 11 is 0. The fourth-order valence-electron chi connectivity index (χ4n) is 3.88. The van der Waals surface area contributed by atoms with E-state index in [2.05, 4.69) is 0 Å². The van der Waals surface area contributed by atoms with Crippen LogP contribution in [0.3, 0.4) is 0 Å². The van der Waals surface area contributed by atoms with E-state index in [1.54, 1.807) is 38.2 Å². The third kappa shape index (κ3) is 4.61. The van der Waals surface area contributed by atoms with Crippen LogP contribution in [0.15, 0.2) is 24.3 Å². The van der Waals surface area contributed by atoms with Crippen molar-refractivity contribution in [2.24, 2.45) is 0 Å². The summed E-state index contributed by atoms with van der Waals surface area (Å²) in [5.74, 6) is 1.42. The van der Waals surface area contributed by atoms with Crippen LogP contribution < -0.4 is 4.74 Å². The number of amides is 2. The first-order valence-electron chi connectivity index (χ1n) is 10.3. The number of hydrogen-bond acceptors (Lipinski definition) is 5. The van der Waals surface area contributed by atoms with Gasteiger partial charge < -0.3 is 14.5 Å². The number of para-hydroxylation sites is 1. The van der Waals surface area contributed by atoms with Crippen LogP contribution in [-0.2, 0) is 11.2 Å². The van der Waals surface area contributed by atoms with Gasteiger partial charge in [-0.15, -0.1) is 0 Å². The van der Waals surface area contributed by atoms with Crippen molar-refractivity contribution in [3.05, 3.63) is 52.6 Å². The summed E-state index contributed by atoms with van der Waals surface area (Å²) in [5, 5.41) is 0. The van der Waals surface area contributed by atoms with Gasteiger partial charge in [-0.3, -0.25) is 9.59 Å². The lowest BCUT2D eigenvalue weighted by molar-refractivity contribution is -0.128. The molecule has 0 radical (unpaired) electrons. The van der Waals surface area contributed by atoms with Gasteiger partial charge in [-0.05, 0) is 38.8 Å². The lowest BCUT2D eigenvalue weighted by atomic mass is 9.95. The fourth-order valence-corrected chi connectivity index (χ4v) is 3.88. The smallest absolute Gasteiger partial charge is 0.257 e. The van der Waals surface area contributed by atoms with Crippen molar-refractivity contribution in [1.82, 2.24) is 19.8 Å². The third-order valence-electron chi connectivity index (χ3n) is 5.68. The van der Waals surface area contributed by atoms with Crippen LogP contribution >= 0.6 is 0 Å². The first kappa shape index (κ1) is 21.7. The molecule has 0 spiro atoms. The molecule has 3 rings (SSSR count). The fraction of sp³-hybridized carbons (Fsp3) is 0.478. The molecule has 7 nitrogen and oxygen atoms in total. The zero-order valence-electron chi connectivity index (χ0n) is 18.4. The van der Waals surface area contributed by atoms with Crippen LogP contribution in [0.5, 0.6) is 5.75 Å². The number of carbonyl (C=O) groups excluding carboxylic acids is 2. The van der Waals surface area contributed by atoms with E-state index in [9.17, 15) is 9.59 Å². The number of nitrogens with zero attached hydrogens (tertiary/aromatic N) is 4. The van der Waals surface area contributed by atoms with Crippen molar-refractivity contribution >= 4 is 11.8 Å². The zero-order valence-corrected chi connectivity index (χ0v) is 18.4. The summed E-state index contributed by atoms with van der Waals surface area (Å²) in [6, 6.07) is 7.31. The second-order valence-corrected chi connectivity index (χ2v) is 7.99. The lowest BCUT2D eigenvalue weighted by Crippen LogP contribution is -2.39. The Balaban J connectivity index is 1.80. The molecular weight excluding hydrogens is 380 g/mol. The van der Waals surface area contributed by atoms with E-state index in [1.807, 2.05) is 30.9 Å². The number of likely N-dealkylation sites (tertiary alicyclic amines) is 1.